The first-order chi connectivity index (χ1) is 16.2. The van der Waals surface area contributed by atoms with Crippen LogP contribution in [0, 0.1) is 0 Å². The van der Waals surface area contributed by atoms with Gasteiger partial charge in [-0.2, -0.15) is 0 Å². The third-order valence-corrected chi connectivity index (χ3v) is 7.18. The molecule has 1 aliphatic rings. The van der Waals surface area contributed by atoms with E-state index in [0.717, 1.165) is 12.8 Å². The number of phosphoric acid groups is 1. The van der Waals surface area contributed by atoms with Crippen LogP contribution < -0.4 is 15.5 Å². The highest BCUT2D eigenvalue weighted by Gasteiger charge is 2.39. The van der Waals surface area contributed by atoms with Crippen molar-refractivity contribution < 1.29 is 28.1 Å². The minimum absolute atomic E-state index is 0.0506. The first-order valence-corrected chi connectivity index (χ1v) is 12.9. The summed E-state index contributed by atoms with van der Waals surface area (Å²) in [6, 6.07) is 19.8. The molecule has 3 rings (SSSR count). The number of hydrogen-bond donors (Lipinski definition) is 2. The molecule has 1 aliphatic carbocycles. The van der Waals surface area contributed by atoms with Gasteiger partial charge in [-0.15, -0.1) is 0 Å². The predicted molar refractivity (Wildman–Crippen MR) is 127 cm³/mol. The van der Waals surface area contributed by atoms with Crippen LogP contribution in [-0.2, 0) is 28.6 Å². The van der Waals surface area contributed by atoms with Gasteiger partial charge < -0.3 is 24.6 Å². The van der Waals surface area contributed by atoms with Crippen LogP contribution in [0.15, 0.2) is 60.7 Å². The average molecular weight is 488 g/mol. The molecule has 2 N–H and O–H groups in total. The van der Waals surface area contributed by atoms with Gasteiger partial charge in [0.1, 0.15) is 0 Å². The Morgan fingerprint density at radius 3 is 2.00 bits per heavy atom. The van der Waals surface area contributed by atoms with Gasteiger partial charge in [-0.05, 0) is 36.8 Å². The molecule has 0 spiro atoms. The van der Waals surface area contributed by atoms with Gasteiger partial charge in [0.05, 0.1) is 18.8 Å². The Bertz CT molecular complexity index is 951. The number of nitrogens with one attached hydrogen (secondary N) is 2. The summed E-state index contributed by atoms with van der Waals surface area (Å²) in [4.78, 5) is 35.0. The van der Waals surface area contributed by atoms with Gasteiger partial charge in [0.2, 0.25) is 11.8 Å². The van der Waals surface area contributed by atoms with Crippen molar-refractivity contribution in [1.82, 2.24) is 10.6 Å². The van der Waals surface area contributed by atoms with E-state index in [1.807, 2.05) is 36.4 Å². The Kier molecular flexibility index (Phi) is 9.03. The zero-order valence-corrected chi connectivity index (χ0v) is 20.5. The van der Waals surface area contributed by atoms with Crippen LogP contribution >= 0.6 is 7.82 Å². The van der Waals surface area contributed by atoms with Crippen LogP contribution in [0.25, 0.3) is 0 Å². The molecule has 9 heteroatoms. The van der Waals surface area contributed by atoms with Crippen molar-refractivity contribution in [1.29, 1.82) is 0 Å². The van der Waals surface area contributed by atoms with Crippen molar-refractivity contribution in [3.8, 4) is 0 Å². The Hall–Kier alpha value is -2.51. The standard InChI is InChI=1S/C25H33N2O6P/c1-19(28)26-17-23(27-20(2)29)18-32-34(30,31)33-24-13-15-25(16-14-24,21-9-5-3-6-10-21)22-11-7-4-8-12-22/h3-12,23-24H,13-18H2,1-2H3,(H,26,28)(H,27,29)(H,30,31)/p-1/t23-/m1/s1. The van der Waals surface area contributed by atoms with Crippen molar-refractivity contribution >= 4 is 19.6 Å². The number of hydrogen-bond acceptors (Lipinski definition) is 6. The van der Waals surface area contributed by atoms with E-state index in [0.29, 0.717) is 12.8 Å². The van der Waals surface area contributed by atoms with Crippen molar-refractivity contribution in [2.45, 2.75) is 57.1 Å². The van der Waals surface area contributed by atoms with Gasteiger partial charge >= 0.3 is 0 Å². The Morgan fingerprint density at radius 2 is 1.53 bits per heavy atom. The number of benzene rings is 2. The number of phosphoric ester groups is 1. The highest BCUT2D eigenvalue weighted by Crippen LogP contribution is 2.49. The number of amides is 2. The number of rotatable bonds is 10. The van der Waals surface area contributed by atoms with E-state index in [9.17, 15) is 19.0 Å². The summed E-state index contributed by atoms with van der Waals surface area (Å²) in [7, 11) is -4.61. The number of carbonyl (C=O) groups is 2. The SMILES string of the molecule is CC(=O)NC[C@H](COP(=O)([O-])OC1CCC(c2ccccc2)(c2ccccc2)CC1)NC(C)=O. The second-order valence-corrected chi connectivity index (χ2v) is 10.1. The van der Waals surface area contributed by atoms with E-state index in [-0.39, 0.29) is 30.4 Å². The lowest BCUT2D eigenvalue weighted by molar-refractivity contribution is -0.231. The predicted octanol–water partition coefficient (Wildman–Crippen LogP) is 3.06. The highest BCUT2D eigenvalue weighted by molar-refractivity contribution is 7.45. The Labute approximate surface area is 200 Å². The second-order valence-electron chi connectivity index (χ2n) is 8.70. The van der Waals surface area contributed by atoms with Gasteiger partial charge in [-0.25, -0.2) is 0 Å². The molecule has 34 heavy (non-hydrogen) atoms. The lowest BCUT2D eigenvalue weighted by Crippen LogP contribution is -2.45. The van der Waals surface area contributed by atoms with Gasteiger partial charge in [0.15, 0.2) is 0 Å². The highest BCUT2D eigenvalue weighted by atomic mass is 31.2. The summed E-state index contributed by atoms with van der Waals surface area (Å²) < 4.78 is 23.0. The van der Waals surface area contributed by atoms with Crippen LogP contribution in [0.4, 0.5) is 0 Å². The molecule has 1 unspecified atom stereocenters. The normalized spacial score (nSPS) is 18.4. The van der Waals surface area contributed by atoms with E-state index in [4.69, 9.17) is 9.05 Å². The molecule has 0 aliphatic heterocycles. The first kappa shape index (κ1) is 26.1. The maximum Gasteiger partial charge on any atom is 0.268 e. The second kappa shape index (κ2) is 11.8. The molecule has 8 nitrogen and oxygen atoms in total. The third-order valence-electron chi connectivity index (χ3n) is 6.16. The lowest BCUT2D eigenvalue weighted by atomic mass is 9.65. The van der Waals surface area contributed by atoms with Gasteiger partial charge in [0, 0.05) is 25.8 Å². The van der Waals surface area contributed by atoms with Crippen LogP contribution in [0.2, 0.25) is 0 Å². The van der Waals surface area contributed by atoms with E-state index >= 15 is 0 Å². The molecular formula is C25H32N2O6P-. The van der Waals surface area contributed by atoms with Crippen molar-refractivity contribution in [2.24, 2.45) is 0 Å². The minimum atomic E-state index is -4.61. The first-order valence-electron chi connectivity index (χ1n) is 11.5. The minimum Gasteiger partial charge on any atom is -0.756 e. The fraction of sp³-hybridized carbons (Fsp3) is 0.440. The summed E-state index contributed by atoms with van der Waals surface area (Å²) in [5.74, 6) is -0.648. The van der Waals surface area contributed by atoms with E-state index in [1.54, 1.807) is 0 Å². The van der Waals surface area contributed by atoms with Crippen molar-refractivity contribution in [2.75, 3.05) is 13.2 Å². The van der Waals surface area contributed by atoms with E-state index in [2.05, 4.69) is 34.9 Å². The summed E-state index contributed by atoms with van der Waals surface area (Å²) in [6.45, 7) is 2.36. The molecule has 2 aromatic carbocycles. The molecule has 0 heterocycles. The zero-order chi connectivity index (χ0) is 24.6. The molecule has 1 saturated carbocycles. The fourth-order valence-corrected chi connectivity index (χ4v) is 5.55. The van der Waals surface area contributed by atoms with Crippen LogP contribution in [0.1, 0.15) is 50.7 Å². The van der Waals surface area contributed by atoms with Crippen LogP contribution in [0.5, 0.6) is 0 Å². The Morgan fingerprint density at radius 1 is 1.00 bits per heavy atom. The monoisotopic (exact) mass is 487 g/mol. The van der Waals surface area contributed by atoms with Gasteiger partial charge in [-0.3, -0.25) is 14.2 Å². The fourth-order valence-electron chi connectivity index (χ4n) is 4.55. The third kappa shape index (κ3) is 7.24. The van der Waals surface area contributed by atoms with Gasteiger partial charge in [-0.1, -0.05) is 60.7 Å². The molecule has 2 amide bonds. The molecule has 2 aromatic rings. The molecule has 184 valence electrons. The lowest BCUT2D eigenvalue weighted by Gasteiger charge is -2.42. The van der Waals surface area contributed by atoms with Crippen molar-refractivity contribution in [3.05, 3.63) is 71.8 Å². The molecule has 0 radical (unpaired) electrons. The van der Waals surface area contributed by atoms with E-state index in [1.165, 1.54) is 25.0 Å². The molecular weight excluding hydrogens is 455 g/mol. The molecule has 1 fully saturated rings. The van der Waals surface area contributed by atoms with Gasteiger partial charge in [0.25, 0.3) is 7.82 Å². The summed E-state index contributed by atoms with van der Waals surface area (Å²) in [5.41, 5.74) is 2.21. The largest absolute Gasteiger partial charge is 0.756 e. The van der Waals surface area contributed by atoms with Crippen LogP contribution in [-0.4, -0.2) is 37.1 Å². The average Bonchev–Trinajstić information content (AvgIpc) is 2.82. The zero-order valence-electron chi connectivity index (χ0n) is 19.6. The maximum atomic E-state index is 12.5. The summed E-state index contributed by atoms with van der Waals surface area (Å²) in [5, 5.41) is 5.11. The molecule has 0 saturated heterocycles. The quantitative estimate of drug-likeness (QED) is 0.498. The van der Waals surface area contributed by atoms with Crippen LogP contribution in [0.3, 0.4) is 0 Å². The van der Waals surface area contributed by atoms with Crippen molar-refractivity contribution in [3.63, 3.8) is 0 Å². The Balaban J connectivity index is 1.62. The smallest absolute Gasteiger partial charge is 0.268 e. The van der Waals surface area contributed by atoms with E-state index < -0.39 is 20.0 Å². The topological polar surface area (TPSA) is 117 Å². The molecule has 2 atom stereocenters. The number of carbonyl (C=O) groups excluding carboxylic acids is 2. The summed E-state index contributed by atoms with van der Waals surface area (Å²) >= 11 is 0. The summed E-state index contributed by atoms with van der Waals surface area (Å²) in [6.07, 6.45) is 2.10. The molecule has 0 bridgehead atoms. The maximum absolute atomic E-state index is 12.5. The molecule has 0 aromatic heterocycles.